The summed E-state index contributed by atoms with van der Waals surface area (Å²) in [5.41, 5.74) is 3.60. The van der Waals surface area contributed by atoms with Crippen molar-refractivity contribution in [1.29, 1.82) is 0 Å². The Morgan fingerprint density at radius 1 is 1.06 bits per heavy atom. The highest BCUT2D eigenvalue weighted by molar-refractivity contribution is 7.80. The minimum Gasteiger partial charge on any atom is -0.495 e. The molecule has 2 N–H and O–H groups in total. The number of para-hydroxylation sites is 2. The van der Waals surface area contributed by atoms with Crippen LogP contribution in [0.3, 0.4) is 0 Å². The minimum atomic E-state index is -1.16. The van der Waals surface area contributed by atoms with Crippen molar-refractivity contribution in [3.63, 3.8) is 0 Å². The van der Waals surface area contributed by atoms with Crippen LogP contribution in [-0.4, -0.2) is 41.0 Å². The molecule has 0 radical (unpaired) electrons. The lowest BCUT2D eigenvalue weighted by molar-refractivity contribution is -0.124. The summed E-state index contributed by atoms with van der Waals surface area (Å²) in [7, 11) is 1.47. The largest absolute Gasteiger partial charge is 0.495 e. The molecule has 36 heavy (non-hydrogen) atoms. The summed E-state index contributed by atoms with van der Waals surface area (Å²) in [6, 6.07) is 16.9. The molecule has 11 heteroatoms. The number of rotatable bonds is 7. The number of hydrazine groups is 1. The van der Waals surface area contributed by atoms with Crippen LogP contribution in [0.5, 0.6) is 5.75 Å². The van der Waals surface area contributed by atoms with Crippen molar-refractivity contribution in [2.75, 3.05) is 17.3 Å². The molecule has 8 nitrogen and oxygen atoms in total. The molecule has 0 saturated carbocycles. The molecule has 3 aromatic carbocycles. The first-order valence-corrected chi connectivity index (χ1v) is 11.5. The summed E-state index contributed by atoms with van der Waals surface area (Å²) in [6.07, 6.45) is -0.338. The lowest BCUT2D eigenvalue weighted by Gasteiger charge is -2.24. The van der Waals surface area contributed by atoms with E-state index in [1.807, 2.05) is 0 Å². The van der Waals surface area contributed by atoms with Gasteiger partial charge in [-0.25, -0.2) is 9.40 Å². The van der Waals surface area contributed by atoms with E-state index in [0.29, 0.717) is 22.1 Å². The summed E-state index contributed by atoms with van der Waals surface area (Å²) < 4.78 is 18.7. The maximum atomic E-state index is 13.5. The van der Waals surface area contributed by atoms with Crippen LogP contribution in [0.4, 0.5) is 15.8 Å². The van der Waals surface area contributed by atoms with Crippen molar-refractivity contribution in [2.24, 2.45) is 0 Å². The number of hydrogen-bond acceptors (Lipinski definition) is 5. The zero-order valence-corrected chi connectivity index (χ0v) is 20.5. The number of nitrogens with one attached hydrogen (secondary N) is 2. The summed E-state index contributed by atoms with van der Waals surface area (Å²) >= 11 is 11.4. The van der Waals surface area contributed by atoms with E-state index < -0.39 is 29.6 Å². The van der Waals surface area contributed by atoms with Gasteiger partial charge in [0.05, 0.1) is 24.9 Å². The second-order valence-corrected chi connectivity index (χ2v) is 8.52. The van der Waals surface area contributed by atoms with Gasteiger partial charge >= 0.3 is 0 Å². The number of benzene rings is 3. The highest BCUT2D eigenvalue weighted by Gasteiger charge is 2.45. The predicted molar refractivity (Wildman–Crippen MR) is 137 cm³/mol. The molecule has 3 amide bonds. The zero-order chi connectivity index (χ0) is 25.8. The molecule has 4 rings (SSSR count). The maximum Gasteiger partial charge on any atom is 0.269 e. The quantitative estimate of drug-likeness (QED) is 0.449. The first-order chi connectivity index (χ1) is 17.3. The Morgan fingerprint density at radius 2 is 1.72 bits per heavy atom. The van der Waals surface area contributed by atoms with Gasteiger partial charge in [0.25, 0.3) is 11.8 Å². The number of thiocarbonyl (C=S) groups is 1. The Kier molecular flexibility index (Phi) is 7.47. The number of methoxy groups -OCH3 is 1. The number of amides is 3. The van der Waals surface area contributed by atoms with Crippen molar-refractivity contribution in [3.05, 3.63) is 89.2 Å². The molecule has 0 spiro atoms. The van der Waals surface area contributed by atoms with Crippen LogP contribution in [0, 0.1) is 5.82 Å². The van der Waals surface area contributed by atoms with E-state index in [4.69, 9.17) is 28.6 Å². The fourth-order valence-electron chi connectivity index (χ4n) is 3.63. The van der Waals surface area contributed by atoms with E-state index in [1.165, 1.54) is 48.5 Å². The Balaban J connectivity index is 1.61. The molecule has 0 aromatic heterocycles. The van der Waals surface area contributed by atoms with Crippen molar-refractivity contribution >= 4 is 58.0 Å². The van der Waals surface area contributed by atoms with Crippen LogP contribution >= 0.6 is 23.8 Å². The van der Waals surface area contributed by atoms with Crippen LogP contribution in [0.2, 0.25) is 5.02 Å². The first-order valence-electron chi connectivity index (χ1n) is 10.7. The van der Waals surface area contributed by atoms with Crippen molar-refractivity contribution in [3.8, 4) is 5.75 Å². The number of halogens is 2. The third-order valence-corrected chi connectivity index (χ3v) is 6.02. The SMILES string of the molecule is COc1ccccc1NC(=O)CC1C(=O)N(c2ccc(F)cc2)C(=S)N1NC(=O)c1ccc(Cl)cc1. The van der Waals surface area contributed by atoms with Gasteiger partial charge in [0.15, 0.2) is 0 Å². The van der Waals surface area contributed by atoms with E-state index in [-0.39, 0.29) is 17.1 Å². The summed E-state index contributed by atoms with van der Waals surface area (Å²) in [5, 5.41) is 4.27. The van der Waals surface area contributed by atoms with Crippen molar-refractivity contribution in [2.45, 2.75) is 12.5 Å². The Bertz CT molecular complexity index is 1320. The van der Waals surface area contributed by atoms with Crippen LogP contribution < -0.4 is 20.4 Å². The lowest BCUT2D eigenvalue weighted by Crippen LogP contribution is -2.49. The van der Waals surface area contributed by atoms with Crippen LogP contribution in [0.25, 0.3) is 0 Å². The molecule has 0 bridgehead atoms. The number of anilines is 2. The van der Waals surface area contributed by atoms with E-state index in [0.717, 1.165) is 4.90 Å². The second kappa shape index (κ2) is 10.7. The normalized spacial score (nSPS) is 15.1. The lowest BCUT2D eigenvalue weighted by atomic mass is 10.1. The van der Waals surface area contributed by atoms with Gasteiger partial charge in [0, 0.05) is 10.6 Å². The molecule has 1 heterocycles. The fraction of sp³-hybridized carbons (Fsp3) is 0.120. The monoisotopic (exact) mass is 526 g/mol. The van der Waals surface area contributed by atoms with Crippen LogP contribution in [-0.2, 0) is 9.59 Å². The Morgan fingerprint density at radius 3 is 2.39 bits per heavy atom. The van der Waals surface area contributed by atoms with Gasteiger partial charge in [-0.1, -0.05) is 23.7 Å². The molecular weight excluding hydrogens is 507 g/mol. The molecule has 1 atom stereocenters. The van der Waals surface area contributed by atoms with E-state index in [9.17, 15) is 18.8 Å². The Hall–Kier alpha value is -4.02. The van der Waals surface area contributed by atoms with Gasteiger partial charge in [0.1, 0.15) is 17.6 Å². The highest BCUT2D eigenvalue weighted by Crippen LogP contribution is 2.28. The summed E-state index contributed by atoms with van der Waals surface area (Å²) in [4.78, 5) is 40.4. The summed E-state index contributed by atoms with van der Waals surface area (Å²) in [6.45, 7) is 0. The molecule has 184 valence electrons. The average Bonchev–Trinajstić information content (AvgIpc) is 3.09. The Labute approximate surface area is 216 Å². The van der Waals surface area contributed by atoms with E-state index >= 15 is 0 Å². The third kappa shape index (κ3) is 5.29. The smallest absolute Gasteiger partial charge is 0.269 e. The standard InChI is InChI=1S/C25H20ClFN4O4S/c1-35-21-5-3-2-4-19(21)28-22(32)14-20-24(34)30(18-12-10-17(27)11-13-18)25(36)31(20)29-23(33)15-6-8-16(26)9-7-15/h2-13,20H,14H2,1H3,(H,28,32)(H,29,33). The molecule has 1 unspecified atom stereocenters. The number of nitrogens with zero attached hydrogens (tertiary/aromatic N) is 2. The van der Waals surface area contributed by atoms with Crippen molar-refractivity contribution in [1.82, 2.24) is 10.4 Å². The van der Waals surface area contributed by atoms with Gasteiger partial charge in [0.2, 0.25) is 11.0 Å². The predicted octanol–water partition coefficient (Wildman–Crippen LogP) is 4.16. The van der Waals surface area contributed by atoms with Crippen LogP contribution in [0.1, 0.15) is 16.8 Å². The third-order valence-electron chi connectivity index (χ3n) is 5.39. The van der Waals surface area contributed by atoms with E-state index in [2.05, 4.69) is 10.7 Å². The van der Waals surface area contributed by atoms with Gasteiger partial charge < -0.3 is 10.1 Å². The maximum absolute atomic E-state index is 13.5. The number of carbonyl (C=O) groups excluding carboxylic acids is 3. The van der Waals surface area contributed by atoms with Crippen molar-refractivity contribution < 1.29 is 23.5 Å². The fourth-order valence-corrected chi connectivity index (χ4v) is 4.12. The second-order valence-electron chi connectivity index (χ2n) is 7.72. The average molecular weight is 527 g/mol. The van der Waals surface area contributed by atoms with Gasteiger partial charge in [-0.3, -0.25) is 24.7 Å². The molecular formula is C25H20ClFN4O4S. The van der Waals surface area contributed by atoms with Gasteiger partial charge in [-0.2, -0.15) is 0 Å². The van der Waals surface area contributed by atoms with Gasteiger partial charge in [-0.15, -0.1) is 0 Å². The van der Waals surface area contributed by atoms with Crippen LogP contribution in [0.15, 0.2) is 72.8 Å². The molecule has 3 aromatic rings. The number of carbonyl (C=O) groups is 3. The molecule has 0 aliphatic carbocycles. The van der Waals surface area contributed by atoms with Gasteiger partial charge in [-0.05, 0) is 72.9 Å². The molecule has 1 aliphatic rings. The molecule has 1 saturated heterocycles. The topological polar surface area (TPSA) is 91.0 Å². The highest BCUT2D eigenvalue weighted by atomic mass is 35.5. The number of hydrogen-bond donors (Lipinski definition) is 2. The molecule has 1 aliphatic heterocycles. The molecule has 1 fully saturated rings. The van der Waals surface area contributed by atoms with E-state index in [1.54, 1.807) is 36.4 Å². The number of ether oxygens (including phenoxy) is 1. The first kappa shape index (κ1) is 25.1. The summed E-state index contributed by atoms with van der Waals surface area (Å²) in [5.74, 6) is -1.67. The minimum absolute atomic E-state index is 0.0657. The zero-order valence-electron chi connectivity index (χ0n) is 18.9.